The van der Waals surface area contributed by atoms with Crippen LogP contribution in [0.4, 0.5) is 22.7 Å². The Morgan fingerprint density at radius 2 is 1.11 bits per heavy atom. The maximum atomic E-state index is 9.01. The molecule has 0 saturated carbocycles. The molecule has 0 saturated heterocycles. The zero-order chi connectivity index (χ0) is 62.1. The van der Waals surface area contributed by atoms with Crippen molar-refractivity contribution in [3.8, 4) is 50.7 Å². The second kappa shape index (κ2) is 21.2. The van der Waals surface area contributed by atoms with Crippen molar-refractivity contribution in [3.63, 3.8) is 0 Å². The molecule has 0 radical (unpaired) electrons. The molecule has 432 valence electrons. The van der Waals surface area contributed by atoms with Crippen LogP contribution >= 0.6 is 0 Å². The van der Waals surface area contributed by atoms with E-state index in [0.29, 0.717) is 22.9 Å². The number of para-hydroxylation sites is 2. The molecule has 0 spiro atoms. The van der Waals surface area contributed by atoms with Crippen LogP contribution in [0.25, 0.3) is 61.0 Å². The standard InChI is InChI=1S/C79H82N4O.Pt/c1-50-38-72(80-48-65(50)52-30-35-66-67(41-52)79(16,17)37-36-78(66,14)15)83-70-45-54(74(2,3)4)31-33-61(70)62-34-32-60(47-71(62)83)84-59-27-23-26-58(46-59)81-49-82(69-29-22-21-28-68(69)81)73-63(51-24-19-18-20-25-51)43-57(77(11,12)13)44-64(73)53-39-55(75(5,6)7)42-56(40-53)76(8,9)10;/h18-35,38-45,48H,36-37H2,1-17H3;/q;+2/i1D3;. The summed E-state index contributed by atoms with van der Waals surface area (Å²) >= 11 is 0. The van der Waals surface area contributed by atoms with E-state index in [4.69, 9.17) is 13.8 Å². The smallest absolute Gasteiger partial charge is 0.509 e. The van der Waals surface area contributed by atoms with Gasteiger partial charge < -0.3 is 9.30 Å². The van der Waals surface area contributed by atoms with Gasteiger partial charge in [0.2, 0.25) is 5.69 Å². The predicted octanol–water partition coefficient (Wildman–Crippen LogP) is 21.3. The molecule has 0 fully saturated rings. The molecular weight excluding hydrogens is 1220 g/mol. The predicted molar refractivity (Wildman–Crippen MR) is 355 cm³/mol. The molecule has 1 aliphatic heterocycles. The minimum Gasteiger partial charge on any atom is -0.509 e. The van der Waals surface area contributed by atoms with Gasteiger partial charge in [0, 0.05) is 45.0 Å². The van der Waals surface area contributed by atoms with Crippen LogP contribution in [0, 0.1) is 19.0 Å². The van der Waals surface area contributed by atoms with Gasteiger partial charge in [-0.15, -0.1) is 23.6 Å². The first-order chi connectivity index (χ1) is 40.7. The molecule has 8 aromatic carbocycles. The van der Waals surface area contributed by atoms with Gasteiger partial charge in [0.1, 0.15) is 11.5 Å². The van der Waals surface area contributed by atoms with E-state index < -0.39 is 6.85 Å². The molecule has 0 amide bonds. The van der Waals surface area contributed by atoms with Gasteiger partial charge in [0.05, 0.1) is 11.1 Å². The number of nitrogens with zero attached hydrogens (tertiary/aromatic N) is 4. The van der Waals surface area contributed by atoms with E-state index in [9.17, 15) is 0 Å². The molecule has 3 heterocycles. The number of aryl methyl sites for hydroxylation is 1. The molecule has 6 heteroatoms. The minimum absolute atomic E-state index is 0. The zero-order valence-electron chi connectivity index (χ0n) is 55.5. The van der Waals surface area contributed by atoms with Crippen molar-refractivity contribution in [3.05, 3.63) is 215 Å². The maximum Gasteiger partial charge on any atom is 2.00 e. The van der Waals surface area contributed by atoms with Gasteiger partial charge in [0.25, 0.3) is 11.4 Å². The summed E-state index contributed by atoms with van der Waals surface area (Å²) in [5, 5.41) is 1.94. The van der Waals surface area contributed by atoms with E-state index in [0.717, 1.165) is 90.8 Å². The average molecular weight is 1300 g/mol. The fraction of sp³-hybridized carbons (Fsp3) is 0.316. The van der Waals surface area contributed by atoms with Crippen molar-refractivity contribution in [1.29, 1.82) is 0 Å². The van der Waals surface area contributed by atoms with E-state index in [1.54, 1.807) is 12.3 Å². The molecule has 5 nitrogen and oxygen atoms in total. The Morgan fingerprint density at radius 3 is 1.75 bits per heavy atom. The van der Waals surface area contributed by atoms with Crippen molar-refractivity contribution >= 4 is 50.6 Å². The van der Waals surface area contributed by atoms with Crippen LogP contribution in [0.3, 0.4) is 0 Å². The maximum absolute atomic E-state index is 9.01. The van der Waals surface area contributed by atoms with Crippen LogP contribution in [-0.4, -0.2) is 15.6 Å². The number of hydrogen-bond acceptors (Lipinski definition) is 2. The molecule has 12 rings (SSSR count). The van der Waals surface area contributed by atoms with Gasteiger partial charge in [-0.1, -0.05) is 224 Å². The zero-order valence-corrected chi connectivity index (χ0v) is 54.8. The molecule has 0 N–H and O–H groups in total. The molecule has 0 atom stereocenters. The quantitative estimate of drug-likeness (QED) is 0.112. The SMILES string of the molecule is [2H]C([2H])([2H])c1cc(-n2c3[c-]c(Oc4[c-]c([N+]5=C=[N+](c6c(-c7ccccc7)cc(C(C)(C)C)cc6-c6cc(C(C)(C)C)cc(C(C)(C)C)c6)c6ccccc65)ccc4)ccc3c3ccc(C(C)(C)C)cc32)ncc1-c1ccc2c(c1)C(C)(C)CCC2(C)C.[Pt+2]. The number of hydrogen-bond donors (Lipinski definition) is 0. The number of aromatic nitrogens is 2. The van der Waals surface area contributed by atoms with E-state index in [2.05, 4.69) is 270 Å². The van der Waals surface area contributed by atoms with Gasteiger partial charge in [-0.3, -0.25) is 0 Å². The van der Waals surface area contributed by atoms with Crippen LogP contribution in [0.15, 0.2) is 164 Å². The van der Waals surface area contributed by atoms with Crippen molar-refractivity contribution in [2.75, 3.05) is 0 Å². The fourth-order valence-electron chi connectivity index (χ4n) is 12.4. The number of benzene rings is 8. The minimum atomic E-state index is -2.44. The average Bonchev–Trinajstić information content (AvgIpc) is 2.14. The Labute approximate surface area is 524 Å². The Hall–Kier alpha value is -7.42. The second-order valence-electron chi connectivity index (χ2n) is 29.1. The van der Waals surface area contributed by atoms with Gasteiger partial charge in [-0.2, -0.15) is 12.1 Å². The van der Waals surface area contributed by atoms with Crippen LogP contribution in [0.5, 0.6) is 11.5 Å². The van der Waals surface area contributed by atoms with Gasteiger partial charge in [-0.05, 0) is 142 Å². The Balaban J connectivity index is 0.00000800. The third-order valence-corrected chi connectivity index (χ3v) is 17.8. The van der Waals surface area contributed by atoms with Crippen molar-refractivity contribution < 1.29 is 29.9 Å². The summed E-state index contributed by atoms with van der Waals surface area (Å²) in [5.74, 6) is 1.46. The summed E-state index contributed by atoms with van der Waals surface area (Å²) in [6.45, 7) is 34.1. The summed E-state index contributed by atoms with van der Waals surface area (Å²) in [7, 11) is 0. The number of rotatable bonds is 8. The number of ether oxygens (including phenoxy) is 1. The summed E-state index contributed by atoms with van der Waals surface area (Å²) in [6.07, 6.45) is 3.90. The van der Waals surface area contributed by atoms with E-state index in [-0.39, 0.29) is 59.1 Å². The third-order valence-electron chi connectivity index (χ3n) is 17.8. The molecule has 10 aromatic rings. The van der Waals surface area contributed by atoms with Crippen molar-refractivity contribution in [2.45, 2.75) is 163 Å². The molecule has 1 aliphatic carbocycles. The monoisotopic (exact) mass is 1300 g/mol. The summed E-state index contributed by atoms with van der Waals surface area (Å²) in [4.78, 5) is 5.17. The first kappa shape index (κ1) is 55.5. The second-order valence-corrected chi connectivity index (χ2v) is 29.1. The third kappa shape index (κ3) is 11.0. The summed E-state index contributed by atoms with van der Waals surface area (Å²) < 4.78 is 40.3. The van der Waals surface area contributed by atoms with Gasteiger partial charge in [-0.25, -0.2) is 4.98 Å². The molecule has 85 heavy (non-hydrogen) atoms. The van der Waals surface area contributed by atoms with Gasteiger partial charge >= 0.3 is 27.1 Å². The van der Waals surface area contributed by atoms with E-state index in [1.807, 2.05) is 24.3 Å². The molecule has 2 aliphatic rings. The molecule has 0 unspecified atom stereocenters. The largest absolute Gasteiger partial charge is 2.00 e. The Bertz CT molecular complexity index is 4460. The first-order valence-electron chi connectivity index (χ1n) is 31.5. The first-order valence-corrected chi connectivity index (χ1v) is 30.0. The van der Waals surface area contributed by atoms with Crippen LogP contribution in [0.2, 0.25) is 0 Å². The Morgan fingerprint density at radius 1 is 0.518 bits per heavy atom. The van der Waals surface area contributed by atoms with Crippen LogP contribution < -0.4 is 13.9 Å². The fourth-order valence-corrected chi connectivity index (χ4v) is 12.4. The number of pyridine rings is 1. The molecule has 2 aromatic heterocycles. The topological polar surface area (TPSA) is 33.1 Å². The van der Waals surface area contributed by atoms with E-state index in [1.165, 1.54) is 27.8 Å². The summed E-state index contributed by atoms with van der Waals surface area (Å²) in [5.41, 5.74) is 18.6. The van der Waals surface area contributed by atoms with Crippen LogP contribution in [-0.2, 0) is 53.6 Å². The summed E-state index contributed by atoms with van der Waals surface area (Å²) in [6, 6.07) is 67.3. The van der Waals surface area contributed by atoms with E-state index >= 15 is 0 Å². The van der Waals surface area contributed by atoms with Crippen molar-refractivity contribution in [1.82, 2.24) is 18.7 Å². The molecular formula is C79H82N4OPt+2. The normalized spacial score (nSPS) is 15.5. The van der Waals surface area contributed by atoms with Crippen molar-refractivity contribution in [2.24, 2.45) is 0 Å². The van der Waals surface area contributed by atoms with Crippen LogP contribution in [0.1, 0.15) is 167 Å². The molecule has 0 bridgehead atoms. The number of fused-ring (bicyclic) bond motifs is 5. The van der Waals surface area contributed by atoms with Gasteiger partial charge in [0.15, 0.2) is 0 Å². The Kier molecular flexibility index (Phi) is 13.8.